The summed E-state index contributed by atoms with van der Waals surface area (Å²) in [6.07, 6.45) is 5.46. The highest BCUT2D eigenvalue weighted by Crippen LogP contribution is 1.98. The Morgan fingerprint density at radius 2 is 2.08 bits per heavy atom. The van der Waals surface area contributed by atoms with Crippen LogP contribution in [0.2, 0.25) is 0 Å². The van der Waals surface area contributed by atoms with Crippen molar-refractivity contribution in [3.63, 3.8) is 0 Å². The first-order chi connectivity index (χ1) is 6.16. The van der Waals surface area contributed by atoms with Crippen molar-refractivity contribution in [2.24, 2.45) is 5.73 Å². The average Bonchev–Trinajstić information content (AvgIpc) is 2.02. The van der Waals surface area contributed by atoms with Gasteiger partial charge in [-0.1, -0.05) is 26.2 Å². The number of carbonyl (C=O) groups excluding carboxylic acids is 1. The van der Waals surface area contributed by atoms with Crippen molar-refractivity contribution < 1.29 is 4.79 Å². The normalized spacial score (nSPS) is 12.8. The van der Waals surface area contributed by atoms with E-state index < -0.39 is 0 Å². The molecule has 3 heteroatoms. The minimum atomic E-state index is -0.228. The van der Waals surface area contributed by atoms with E-state index in [1.54, 1.807) is 0 Å². The first kappa shape index (κ1) is 12.4. The maximum atomic E-state index is 10.5. The molecule has 0 aliphatic rings. The molecule has 0 aromatic carbocycles. The Kier molecular flexibility index (Phi) is 7.69. The second-order valence-corrected chi connectivity index (χ2v) is 3.59. The second-order valence-electron chi connectivity index (χ2n) is 3.59. The highest BCUT2D eigenvalue weighted by Gasteiger charge is 2.03. The summed E-state index contributed by atoms with van der Waals surface area (Å²) in [5.74, 6) is -0.228. The quantitative estimate of drug-likeness (QED) is 0.563. The summed E-state index contributed by atoms with van der Waals surface area (Å²) in [6.45, 7) is 5.18. The predicted octanol–water partition coefficient (Wildman–Crippen LogP) is 1.42. The van der Waals surface area contributed by atoms with E-state index in [9.17, 15) is 4.79 Å². The molecule has 0 aliphatic carbocycles. The molecule has 0 spiro atoms. The van der Waals surface area contributed by atoms with Crippen molar-refractivity contribution >= 4 is 5.91 Å². The Hall–Kier alpha value is -0.570. The average molecular weight is 186 g/mol. The zero-order valence-corrected chi connectivity index (χ0v) is 8.81. The molecule has 78 valence electrons. The standard InChI is InChI=1S/C10H22N2O/c1-3-4-5-6-7-12-9(2)8-10(11)13/h9,12H,3-8H2,1-2H3,(H2,11,13). The summed E-state index contributed by atoms with van der Waals surface area (Å²) in [5.41, 5.74) is 5.07. The van der Waals surface area contributed by atoms with Crippen LogP contribution in [0.5, 0.6) is 0 Å². The van der Waals surface area contributed by atoms with Gasteiger partial charge in [-0.25, -0.2) is 0 Å². The molecule has 0 heterocycles. The van der Waals surface area contributed by atoms with E-state index in [0.29, 0.717) is 6.42 Å². The summed E-state index contributed by atoms with van der Waals surface area (Å²) in [6, 6.07) is 0.221. The first-order valence-electron chi connectivity index (χ1n) is 5.18. The van der Waals surface area contributed by atoms with Gasteiger partial charge in [0.1, 0.15) is 0 Å². The van der Waals surface area contributed by atoms with Crippen LogP contribution < -0.4 is 11.1 Å². The number of amides is 1. The molecule has 0 aliphatic heterocycles. The number of nitrogens with one attached hydrogen (secondary N) is 1. The Morgan fingerprint density at radius 3 is 2.62 bits per heavy atom. The smallest absolute Gasteiger partial charge is 0.218 e. The van der Waals surface area contributed by atoms with Crippen LogP contribution in [0.4, 0.5) is 0 Å². The van der Waals surface area contributed by atoms with Gasteiger partial charge in [-0.15, -0.1) is 0 Å². The van der Waals surface area contributed by atoms with E-state index in [0.717, 1.165) is 6.54 Å². The van der Waals surface area contributed by atoms with Gasteiger partial charge in [-0.3, -0.25) is 4.79 Å². The Labute approximate surface area is 81.1 Å². The number of hydrogen-bond donors (Lipinski definition) is 2. The fourth-order valence-corrected chi connectivity index (χ4v) is 1.27. The third-order valence-electron chi connectivity index (χ3n) is 2.03. The van der Waals surface area contributed by atoms with Gasteiger partial charge >= 0.3 is 0 Å². The molecule has 1 atom stereocenters. The van der Waals surface area contributed by atoms with E-state index >= 15 is 0 Å². The summed E-state index contributed by atoms with van der Waals surface area (Å²) in [4.78, 5) is 10.5. The lowest BCUT2D eigenvalue weighted by Crippen LogP contribution is -2.31. The van der Waals surface area contributed by atoms with Gasteiger partial charge in [0.25, 0.3) is 0 Å². The van der Waals surface area contributed by atoms with E-state index in [1.807, 2.05) is 6.92 Å². The maximum Gasteiger partial charge on any atom is 0.218 e. The molecular formula is C10H22N2O. The highest BCUT2D eigenvalue weighted by atomic mass is 16.1. The summed E-state index contributed by atoms with van der Waals surface area (Å²) < 4.78 is 0. The molecule has 3 nitrogen and oxygen atoms in total. The van der Waals surface area contributed by atoms with Crippen LogP contribution in [-0.4, -0.2) is 18.5 Å². The molecule has 0 fully saturated rings. The Balaban J connectivity index is 3.17. The SMILES string of the molecule is CCCCCCNC(C)CC(N)=O. The van der Waals surface area contributed by atoms with Gasteiger partial charge in [-0.2, -0.15) is 0 Å². The van der Waals surface area contributed by atoms with Gasteiger partial charge in [-0.05, 0) is 19.9 Å². The number of rotatable bonds is 8. The topological polar surface area (TPSA) is 55.1 Å². The molecule has 0 bridgehead atoms. The number of carbonyl (C=O) groups is 1. The summed E-state index contributed by atoms with van der Waals surface area (Å²) in [7, 11) is 0. The minimum Gasteiger partial charge on any atom is -0.370 e. The fraction of sp³-hybridized carbons (Fsp3) is 0.900. The number of unbranched alkanes of at least 4 members (excludes halogenated alkanes) is 3. The molecular weight excluding hydrogens is 164 g/mol. The van der Waals surface area contributed by atoms with E-state index in [2.05, 4.69) is 12.2 Å². The largest absolute Gasteiger partial charge is 0.370 e. The van der Waals surface area contributed by atoms with Gasteiger partial charge in [0.05, 0.1) is 0 Å². The molecule has 0 radical (unpaired) electrons. The second kappa shape index (κ2) is 8.05. The van der Waals surface area contributed by atoms with Crippen LogP contribution in [0.25, 0.3) is 0 Å². The lowest BCUT2D eigenvalue weighted by atomic mass is 10.2. The molecule has 0 rings (SSSR count). The number of primary amides is 1. The van der Waals surface area contributed by atoms with Gasteiger partial charge < -0.3 is 11.1 Å². The zero-order valence-electron chi connectivity index (χ0n) is 8.81. The molecule has 1 unspecified atom stereocenters. The summed E-state index contributed by atoms with van der Waals surface area (Å²) in [5, 5.41) is 3.27. The molecule has 13 heavy (non-hydrogen) atoms. The van der Waals surface area contributed by atoms with Crippen LogP contribution >= 0.6 is 0 Å². The molecule has 3 N–H and O–H groups in total. The van der Waals surface area contributed by atoms with Crippen molar-refractivity contribution in [2.75, 3.05) is 6.54 Å². The van der Waals surface area contributed by atoms with Crippen LogP contribution in [0.3, 0.4) is 0 Å². The highest BCUT2D eigenvalue weighted by molar-refractivity contribution is 5.74. The fourth-order valence-electron chi connectivity index (χ4n) is 1.27. The maximum absolute atomic E-state index is 10.5. The third kappa shape index (κ3) is 9.34. The molecule has 1 amide bonds. The van der Waals surface area contributed by atoms with Gasteiger partial charge in [0, 0.05) is 12.5 Å². The monoisotopic (exact) mass is 186 g/mol. The van der Waals surface area contributed by atoms with Crippen LogP contribution in [0.15, 0.2) is 0 Å². The molecule has 0 saturated heterocycles. The number of nitrogens with two attached hydrogens (primary N) is 1. The van der Waals surface area contributed by atoms with Crippen molar-refractivity contribution in [3.8, 4) is 0 Å². The lowest BCUT2D eigenvalue weighted by Gasteiger charge is -2.11. The van der Waals surface area contributed by atoms with E-state index in [4.69, 9.17) is 5.73 Å². The Morgan fingerprint density at radius 1 is 1.38 bits per heavy atom. The van der Waals surface area contributed by atoms with Crippen molar-refractivity contribution in [3.05, 3.63) is 0 Å². The van der Waals surface area contributed by atoms with Crippen LogP contribution in [-0.2, 0) is 4.79 Å². The van der Waals surface area contributed by atoms with Gasteiger partial charge in [0.2, 0.25) is 5.91 Å². The van der Waals surface area contributed by atoms with Crippen molar-refractivity contribution in [2.45, 2.75) is 52.0 Å². The molecule has 0 aromatic heterocycles. The molecule has 0 aromatic rings. The third-order valence-corrected chi connectivity index (χ3v) is 2.03. The summed E-state index contributed by atoms with van der Waals surface area (Å²) >= 11 is 0. The van der Waals surface area contributed by atoms with Crippen LogP contribution in [0.1, 0.15) is 46.0 Å². The van der Waals surface area contributed by atoms with E-state index in [-0.39, 0.29) is 11.9 Å². The van der Waals surface area contributed by atoms with Crippen molar-refractivity contribution in [1.29, 1.82) is 0 Å². The number of hydrogen-bond acceptors (Lipinski definition) is 2. The lowest BCUT2D eigenvalue weighted by molar-refractivity contribution is -0.118. The van der Waals surface area contributed by atoms with Gasteiger partial charge in [0.15, 0.2) is 0 Å². The van der Waals surface area contributed by atoms with E-state index in [1.165, 1.54) is 25.7 Å². The minimum absolute atomic E-state index is 0.221. The van der Waals surface area contributed by atoms with Crippen molar-refractivity contribution in [1.82, 2.24) is 5.32 Å². The Bertz CT molecular complexity index is 137. The first-order valence-corrected chi connectivity index (χ1v) is 5.18. The van der Waals surface area contributed by atoms with Crippen LogP contribution in [0, 0.1) is 0 Å². The zero-order chi connectivity index (χ0) is 10.1. The predicted molar refractivity (Wildman–Crippen MR) is 55.4 cm³/mol. The molecule has 0 saturated carbocycles.